The van der Waals surface area contributed by atoms with Gasteiger partial charge in [0.2, 0.25) is 10.8 Å². The lowest BCUT2D eigenvalue weighted by Crippen LogP contribution is -2.45. The maximum absolute atomic E-state index is 16.1. The van der Waals surface area contributed by atoms with E-state index in [1.54, 1.807) is 110 Å². The van der Waals surface area contributed by atoms with Crippen LogP contribution in [0.2, 0.25) is 0 Å². The summed E-state index contributed by atoms with van der Waals surface area (Å²) in [6.45, 7) is 3.08. The zero-order valence-corrected chi connectivity index (χ0v) is 46.4. The lowest BCUT2D eigenvalue weighted by Gasteiger charge is -2.29. The van der Waals surface area contributed by atoms with E-state index in [1.165, 1.54) is 15.9 Å². The molecule has 5 heterocycles. The van der Waals surface area contributed by atoms with E-state index < -0.39 is 40.6 Å². The lowest BCUT2D eigenvalue weighted by atomic mass is 9.76. The number of nitrogens with zero attached hydrogens (tertiary/aromatic N) is 4. The van der Waals surface area contributed by atoms with Crippen LogP contribution in [0.5, 0.6) is 0 Å². The molecular weight excluding hydrogens is 1110 g/mol. The van der Waals surface area contributed by atoms with E-state index in [9.17, 15) is 9.59 Å². The largest absolute Gasteiger partial charge is 0.459 e. The Kier molecular flexibility index (Phi) is 14.5. The normalized spacial score (nSPS) is 17.1. The average molecular weight is 1150 g/mol. The zero-order valence-electron chi connectivity index (χ0n) is 40.7. The van der Waals surface area contributed by atoms with Crippen LogP contribution in [-0.4, -0.2) is 77.3 Å². The monoisotopic (exact) mass is 1150 g/mol. The van der Waals surface area contributed by atoms with Crippen LogP contribution in [0.25, 0.3) is 20.5 Å². The van der Waals surface area contributed by atoms with Gasteiger partial charge in [0, 0.05) is 49.8 Å². The highest BCUT2D eigenvalue weighted by Gasteiger charge is 2.72. The standard InChI is InChI=1S/C56H40N4O10S7/c1-3-59-47(61)45(76-53(59)71)57-37-25-35-42(74-37)39-40(55(35,49(63)67-27-31-17-9-5-10-18-31)50(64)68-28-32-19-11-6-12-20-32)44-41(43-36(73-44)26-38(75-43)58-46-48(62)60(4-2)54(72)77-46)56(39,51(65)69-29-33-21-13-7-14-22-33)52(66)70-30-34-23-15-8-16-24-34/h5-26H,3-4,27-30H2,1-2H3. The molecule has 4 aliphatic rings. The second kappa shape index (κ2) is 21.4. The quantitative estimate of drug-likeness (QED) is 0.0387. The van der Waals surface area contributed by atoms with Gasteiger partial charge in [-0.3, -0.25) is 38.6 Å². The first kappa shape index (κ1) is 52.1. The Labute approximate surface area is 471 Å². The maximum atomic E-state index is 16.1. The molecular formula is C56H40N4O10S7. The number of aliphatic imine (C=N–C) groups is 2. The fraction of sp³-hybridized carbons (Fsp3) is 0.179. The molecule has 4 aromatic carbocycles. The fourth-order valence-corrected chi connectivity index (χ4v) is 16.1. The number of thiophene rings is 3. The molecule has 77 heavy (non-hydrogen) atoms. The molecule has 2 aliphatic carbocycles. The van der Waals surface area contributed by atoms with E-state index in [0.29, 0.717) is 51.8 Å². The van der Waals surface area contributed by atoms with E-state index in [1.807, 2.05) is 31.2 Å². The summed E-state index contributed by atoms with van der Waals surface area (Å²) in [7, 11) is 0. The summed E-state index contributed by atoms with van der Waals surface area (Å²) in [6, 6.07) is 38.9. The minimum Gasteiger partial charge on any atom is -0.459 e. The number of ether oxygens (including phenoxy) is 4. The third-order valence-electron chi connectivity index (χ3n) is 13.1. The first-order chi connectivity index (χ1) is 37.4. The molecule has 14 nitrogen and oxygen atoms in total. The van der Waals surface area contributed by atoms with Crippen molar-refractivity contribution in [2.24, 2.45) is 9.98 Å². The number of hydrogen-bond acceptors (Lipinski definition) is 19. The molecule has 0 N–H and O–H groups in total. The number of esters is 4. The maximum Gasteiger partial charge on any atom is 0.333 e. The van der Waals surface area contributed by atoms with Crippen molar-refractivity contribution >= 4 is 167 Å². The molecule has 2 aliphatic heterocycles. The van der Waals surface area contributed by atoms with Crippen LogP contribution in [0, 0.1) is 0 Å². The Balaban J connectivity index is 1.19. The van der Waals surface area contributed by atoms with Gasteiger partial charge in [-0.15, -0.1) is 34.0 Å². The molecule has 3 aromatic heterocycles. The van der Waals surface area contributed by atoms with Crippen LogP contribution < -0.4 is 0 Å². The predicted octanol–water partition coefficient (Wildman–Crippen LogP) is 11.2. The number of thioether (sulfide) groups is 2. The molecule has 0 unspecified atom stereocenters. The van der Waals surface area contributed by atoms with Gasteiger partial charge in [-0.05, 0) is 71.8 Å². The minimum atomic E-state index is -2.58. The van der Waals surface area contributed by atoms with Gasteiger partial charge in [0.1, 0.15) is 45.1 Å². The molecule has 0 spiro atoms. The summed E-state index contributed by atoms with van der Waals surface area (Å²) in [4.78, 5) is 104. The number of amides is 2. The average Bonchev–Trinajstić information content (AvgIpc) is 4.35. The van der Waals surface area contributed by atoms with E-state index in [0.717, 1.165) is 57.5 Å². The van der Waals surface area contributed by atoms with Crippen molar-refractivity contribution in [3.05, 3.63) is 177 Å². The van der Waals surface area contributed by atoms with Crippen LogP contribution in [0.1, 0.15) is 57.0 Å². The predicted molar refractivity (Wildman–Crippen MR) is 308 cm³/mol. The molecule has 2 saturated heterocycles. The minimum absolute atomic E-state index is 0.00662. The van der Waals surface area contributed by atoms with Crippen molar-refractivity contribution < 1.29 is 47.7 Å². The number of carbonyl (C=O) groups is 6. The van der Waals surface area contributed by atoms with Gasteiger partial charge >= 0.3 is 23.9 Å². The molecule has 11 rings (SSSR count). The summed E-state index contributed by atoms with van der Waals surface area (Å²) in [5, 5.41) is 0.669. The molecule has 386 valence electrons. The van der Waals surface area contributed by atoms with Crippen LogP contribution in [-0.2, 0) is 85.0 Å². The Morgan fingerprint density at radius 1 is 0.506 bits per heavy atom. The van der Waals surface area contributed by atoms with E-state index in [-0.39, 0.29) is 86.0 Å². The third-order valence-corrected chi connectivity index (χ3v) is 19.1. The van der Waals surface area contributed by atoms with Crippen LogP contribution in [0.4, 0.5) is 10.0 Å². The molecule has 7 aromatic rings. The highest BCUT2D eigenvalue weighted by molar-refractivity contribution is 8.35. The summed E-state index contributed by atoms with van der Waals surface area (Å²) in [5.41, 5.74) is -2.73. The van der Waals surface area contributed by atoms with Gasteiger partial charge in [-0.25, -0.2) is 9.98 Å². The number of benzene rings is 4. The Morgan fingerprint density at radius 3 is 1.27 bits per heavy atom. The second-order valence-electron chi connectivity index (χ2n) is 17.6. The fourth-order valence-electron chi connectivity index (χ4n) is 9.52. The molecule has 21 heteroatoms. The number of carbonyl (C=O) groups excluding carboxylic acids is 6. The van der Waals surface area contributed by atoms with Crippen LogP contribution in [0.15, 0.2) is 143 Å². The summed E-state index contributed by atoms with van der Waals surface area (Å²) in [5.74, 6) is -5.09. The van der Waals surface area contributed by atoms with Gasteiger partial charge in [0.15, 0.2) is 10.1 Å². The molecule has 0 atom stereocenters. The van der Waals surface area contributed by atoms with Crippen molar-refractivity contribution in [1.29, 1.82) is 0 Å². The van der Waals surface area contributed by atoms with Crippen molar-refractivity contribution in [1.82, 2.24) is 9.80 Å². The summed E-state index contributed by atoms with van der Waals surface area (Å²) < 4.78 is 26.7. The number of hydrogen-bond donors (Lipinski definition) is 0. The van der Waals surface area contributed by atoms with E-state index >= 15 is 19.2 Å². The van der Waals surface area contributed by atoms with Crippen molar-refractivity contribution in [2.45, 2.75) is 51.1 Å². The van der Waals surface area contributed by atoms with Gasteiger partial charge in [0.25, 0.3) is 11.8 Å². The molecule has 0 bridgehead atoms. The van der Waals surface area contributed by atoms with Gasteiger partial charge in [-0.2, -0.15) is 0 Å². The SMILES string of the molecule is CCN1C(=O)C(=Nc2cc3c(s2)C2=C(c4sc5cc(N=C6SC(=S)N(CC)C6=O)sc5c4C2(C(=O)OCc2ccccc2)C(=O)OCc2ccccc2)C3(C(=O)OCc2ccccc2)C(=O)OCc2ccccc2)SC1=S. The zero-order chi connectivity index (χ0) is 53.6. The number of thiocarbonyl (C=S) groups is 2. The highest BCUT2D eigenvalue weighted by Crippen LogP contribution is 2.70. The first-order valence-electron chi connectivity index (χ1n) is 23.9. The smallest absolute Gasteiger partial charge is 0.333 e. The Bertz CT molecular complexity index is 3590. The molecule has 0 radical (unpaired) electrons. The van der Waals surface area contributed by atoms with Crippen molar-refractivity contribution in [3.8, 4) is 0 Å². The van der Waals surface area contributed by atoms with Crippen LogP contribution >= 0.6 is 82.0 Å². The number of rotatable bonds is 16. The first-order valence-corrected chi connectivity index (χ1v) is 28.8. The number of fused-ring (bicyclic) bond motifs is 6. The van der Waals surface area contributed by atoms with Crippen molar-refractivity contribution in [2.75, 3.05) is 13.1 Å². The molecule has 2 fully saturated rings. The second-order valence-corrected chi connectivity index (χ2v) is 23.9. The van der Waals surface area contributed by atoms with Gasteiger partial charge < -0.3 is 18.9 Å². The van der Waals surface area contributed by atoms with E-state index in [4.69, 9.17) is 53.4 Å². The topological polar surface area (TPSA) is 171 Å². The molecule has 0 saturated carbocycles. The van der Waals surface area contributed by atoms with Gasteiger partial charge in [-0.1, -0.05) is 146 Å². The van der Waals surface area contributed by atoms with Crippen molar-refractivity contribution in [3.63, 3.8) is 0 Å². The van der Waals surface area contributed by atoms with Crippen LogP contribution in [0.3, 0.4) is 0 Å². The summed E-state index contributed by atoms with van der Waals surface area (Å²) in [6.07, 6.45) is 0. The summed E-state index contributed by atoms with van der Waals surface area (Å²) >= 11 is 16.3. The Morgan fingerprint density at radius 2 is 0.883 bits per heavy atom. The van der Waals surface area contributed by atoms with Gasteiger partial charge in [0.05, 0.1) is 4.70 Å². The highest BCUT2D eigenvalue weighted by atomic mass is 32.2. The van der Waals surface area contributed by atoms with E-state index in [2.05, 4.69) is 0 Å². The third kappa shape index (κ3) is 9.06. The Hall–Kier alpha value is -6.98. The molecule has 2 amide bonds. The lowest BCUT2D eigenvalue weighted by molar-refractivity contribution is -0.165.